The summed E-state index contributed by atoms with van der Waals surface area (Å²) in [5.74, 6) is 0. The number of unbranched alkanes of at least 4 members (excludes halogenated alkanes) is 2. The molecule has 0 aromatic rings. The maximum absolute atomic E-state index is 5.43. The van der Waals surface area contributed by atoms with E-state index in [2.05, 4.69) is 36.9 Å². The van der Waals surface area contributed by atoms with E-state index in [9.17, 15) is 0 Å². The van der Waals surface area contributed by atoms with Crippen molar-refractivity contribution in [2.75, 3.05) is 32.7 Å². The Kier molecular flexibility index (Phi) is 11.5. The molecular formula is C10H25N3S2. The van der Waals surface area contributed by atoms with Crippen molar-refractivity contribution < 1.29 is 0 Å². The summed E-state index contributed by atoms with van der Waals surface area (Å²) < 4.78 is 4.13. The fourth-order valence-corrected chi connectivity index (χ4v) is 1.72. The fraction of sp³-hybridized carbons (Fsp3) is 1.00. The van der Waals surface area contributed by atoms with Crippen LogP contribution in [0.3, 0.4) is 0 Å². The Hall–Kier alpha value is 0.580. The second-order valence-corrected chi connectivity index (χ2v) is 4.83. The zero-order valence-electron chi connectivity index (χ0n) is 9.73. The van der Waals surface area contributed by atoms with Gasteiger partial charge in [-0.05, 0) is 32.2 Å². The van der Waals surface area contributed by atoms with Crippen LogP contribution in [0.1, 0.15) is 32.6 Å². The van der Waals surface area contributed by atoms with Crippen LogP contribution in [0.25, 0.3) is 0 Å². The van der Waals surface area contributed by atoms with Crippen LogP contribution >= 0.6 is 25.6 Å². The van der Waals surface area contributed by atoms with Crippen molar-refractivity contribution >= 4 is 25.6 Å². The minimum Gasteiger partial charge on any atom is -0.330 e. The lowest BCUT2D eigenvalue weighted by Gasteiger charge is -2.16. The first-order valence-corrected chi connectivity index (χ1v) is 6.58. The first-order chi connectivity index (χ1) is 7.20. The summed E-state index contributed by atoms with van der Waals surface area (Å²) in [6, 6.07) is 0. The zero-order chi connectivity index (χ0) is 11.5. The van der Waals surface area contributed by atoms with Crippen LogP contribution in [0.4, 0.5) is 0 Å². The number of rotatable bonds is 10. The molecule has 0 saturated carbocycles. The van der Waals surface area contributed by atoms with Gasteiger partial charge in [-0.3, -0.25) is 8.61 Å². The zero-order valence-corrected chi connectivity index (χ0v) is 11.5. The van der Waals surface area contributed by atoms with Gasteiger partial charge in [-0.2, -0.15) is 0 Å². The van der Waals surface area contributed by atoms with Gasteiger partial charge in [0.15, 0.2) is 0 Å². The van der Waals surface area contributed by atoms with Gasteiger partial charge in [0.1, 0.15) is 0 Å². The Morgan fingerprint density at radius 2 is 1.33 bits per heavy atom. The molecule has 0 atom stereocenters. The van der Waals surface area contributed by atoms with Crippen LogP contribution in [0.15, 0.2) is 0 Å². The molecule has 0 heterocycles. The van der Waals surface area contributed by atoms with Gasteiger partial charge in [0.05, 0.1) is 0 Å². The molecule has 15 heavy (non-hydrogen) atoms. The van der Waals surface area contributed by atoms with E-state index in [1.807, 2.05) is 4.31 Å². The standard InChI is InChI=1S/C10H25N3S2/c1-2-12(14)8-5-6-10-13(15)9-4-3-7-11/h14-15H,2-11H2,1H3. The summed E-state index contributed by atoms with van der Waals surface area (Å²) in [5, 5.41) is 0. The Morgan fingerprint density at radius 3 is 1.80 bits per heavy atom. The number of nitrogens with two attached hydrogens (primary N) is 1. The molecule has 0 aliphatic carbocycles. The molecule has 92 valence electrons. The first-order valence-electron chi connectivity index (χ1n) is 5.78. The molecule has 5 heteroatoms. The molecular weight excluding hydrogens is 226 g/mol. The molecule has 3 nitrogen and oxygen atoms in total. The lowest BCUT2D eigenvalue weighted by molar-refractivity contribution is 0.416. The Labute approximate surface area is 105 Å². The highest BCUT2D eigenvalue weighted by Crippen LogP contribution is 2.03. The third kappa shape index (κ3) is 10.9. The predicted molar refractivity (Wildman–Crippen MR) is 74.3 cm³/mol. The molecule has 0 rings (SSSR count). The van der Waals surface area contributed by atoms with Gasteiger partial charge in [0.2, 0.25) is 0 Å². The second-order valence-electron chi connectivity index (χ2n) is 3.70. The lowest BCUT2D eigenvalue weighted by atomic mass is 10.3. The molecule has 0 aromatic carbocycles. The minimum absolute atomic E-state index is 0.784. The summed E-state index contributed by atoms with van der Waals surface area (Å²) in [5.41, 5.74) is 5.43. The third-order valence-corrected chi connectivity index (χ3v) is 3.20. The van der Waals surface area contributed by atoms with E-state index in [1.165, 1.54) is 12.8 Å². The van der Waals surface area contributed by atoms with Crippen LogP contribution < -0.4 is 5.73 Å². The van der Waals surface area contributed by atoms with Crippen LogP contribution in [-0.2, 0) is 0 Å². The van der Waals surface area contributed by atoms with Gasteiger partial charge in [-0.25, -0.2) is 0 Å². The largest absolute Gasteiger partial charge is 0.330 e. The number of thiol groups is 2. The normalized spacial score (nSPS) is 11.6. The van der Waals surface area contributed by atoms with Crippen molar-refractivity contribution in [3.05, 3.63) is 0 Å². The predicted octanol–water partition coefficient (Wildman–Crippen LogP) is 1.82. The highest BCUT2D eigenvalue weighted by Gasteiger charge is 2.00. The average Bonchev–Trinajstić information content (AvgIpc) is 2.24. The highest BCUT2D eigenvalue weighted by atomic mass is 32.1. The molecule has 0 bridgehead atoms. The van der Waals surface area contributed by atoms with Crippen LogP contribution in [0.2, 0.25) is 0 Å². The molecule has 0 spiro atoms. The SMILES string of the molecule is CCN(S)CCCCN(S)CCCCN. The molecule has 0 unspecified atom stereocenters. The Bertz CT molecular complexity index is 136. The van der Waals surface area contributed by atoms with Crippen molar-refractivity contribution in [3.63, 3.8) is 0 Å². The fourth-order valence-electron chi connectivity index (χ4n) is 1.30. The van der Waals surface area contributed by atoms with E-state index in [-0.39, 0.29) is 0 Å². The van der Waals surface area contributed by atoms with Crippen LogP contribution in [0, 0.1) is 0 Å². The van der Waals surface area contributed by atoms with Crippen molar-refractivity contribution in [2.45, 2.75) is 32.6 Å². The van der Waals surface area contributed by atoms with E-state index in [0.717, 1.165) is 45.6 Å². The van der Waals surface area contributed by atoms with E-state index in [0.29, 0.717) is 0 Å². The number of nitrogens with zero attached hydrogens (tertiary/aromatic N) is 2. The molecule has 0 saturated heterocycles. The van der Waals surface area contributed by atoms with Gasteiger partial charge in [0, 0.05) is 26.2 Å². The maximum Gasteiger partial charge on any atom is 0.00874 e. The molecule has 0 amide bonds. The quantitative estimate of drug-likeness (QED) is 0.409. The molecule has 0 radical (unpaired) electrons. The number of hydrogen-bond donors (Lipinski definition) is 3. The molecule has 0 aromatic heterocycles. The summed E-state index contributed by atoms with van der Waals surface area (Å²) in [7, 11) is 0. The van der Waals surface area contributed by atoms with Crippen LogP contribution in [-0.4, -0.2) is 41.3 Å². The van der Waals surface area contributed by atoms with Gasteiger partial charge >= 0.3 is 0 Å². The summed E-state index contributed by atoms with van der Waals surface area (Å²) in [6.45, 7) is 7.06. The second kappa shape index (κ2) is 11.1. The van der Waals surface area contributed by atoms with Gasteiger partial charge in [-0.1, -0.05) is 32.6 Å². The van der Waals surface area contributed by atoms with Crippen molar-refractivity contribution in [1.82, 2.24) is 8.61 Å². The third-order valence-electron chi connectivity index (χ3n) is 2.32. The van der Waals surface area contributed by atoms with E-state index < -0.39 is 0 Å². The maximum atomic E-state index is 5.43. The van der Waals surface area contributed by atoms with E-state index in [4.69, 9.17) is 5.73 Å². The highest BCUT2D eigenvalue weighted by molar-refractivity contribution is 7.77. The van der Waals surface area contributed by atoms with Crippen molar-refractivity contribution in [1.29, 1.82) is 0 Å². The minimum atomic E-state index is 0.784. The average molecular weight is 251 g/mol. The monoisotopic (exact) mass is 251 g/mol. The lowest BCUT2D eigenvalue weighted by Crippen LogP contribution is -2.18. The van der Waals surface area contributed by atoms with Gasteiger partial charge < -0.3 is 5.73 Å². The van der Waals surface area contributed by atoms with E-state index in [1.54, 1.807) is 0 Å². The molecule has 0 aliphatic heterocycles. The van der Waals surface area contributed by atoms with Gasteiger partial charge in [-0.15, -0.1) is 0 Å². The van der Waals surface area contributed by atoms with Crippen molar-refractivity contribution in [2.24, 2.45) is 5.73 Å². The summed E-state index contributed by atoms with van der Waals surface area (Å²) >= 11 is 8.72. The summed E-state index contributed by atoms with van der Waals surface area (Å²) in [6.07, 6.45) is 4.61. The summed E-state index contributed by atoms with van der Waals surface area (Å²) in [4.78, 5) is 0. The van der Waals surface area contributed by atoms with E-state index >= 15 is 0 Å². The molecule has 0 fully saturated rings. The molecule has 0 aliphatic rings. The van der Waals surface area contributed by atoms with Crippen LogP contribution in [0.5, 0.6) is 0 Å². The van der Waals surface area contributed by atoms with Gasteiger partial charge in [0.25, 0.3) is 0 Å². The molecule has 2 N–H and O–H groups in total. The van der Waals surface area contributed by atoms with Crippen molar-refractivity contribution in [3.8, 4) is 0 Å². The smallest absolute Gasteiger partial charge is 0.00874 e. The topological polar surface area (TPSA) is 32.5 Å². The Morgan fingerprint density at radius 1 is 0.867 bits per heavy atom. The Balaban J connectivity index is 3.19. The number of hydrogen-bond acceptors (Lipinski definition) is 5. The first kappa shape index (κ1) is 15.6.